The third-order valence-corrected chi connectivity index (χ3v) is 5.21. The Hall–Kier alpha value is -1.32. The predicted octanol–water partition coefficient (Wildman–Crippen LogP) is 1.24. The van der Waals surface area contributed by atoms with Crippen LogP contribution in [0.4, 0.5) is 0 Å². The van der Waals surface area contributed by atoms with E-state index in [1.165, 1.54) is 18.4 Å². The van der Waals surface area contributed by atoms with Gasteiger partial charge in [-0.05, 0) is 26.8 Å². The first-order valence-corrected chi connectivity index (χ1v) is 6.82. The van der Waals surface area contributed by atoms with E-state index in [0.29, 0.717) is 0 Å². The van der Waals surface area contributed by atoms with Crippen molar-refractivity contribution in [3.8, 4) is 6.07 Å². The molecule has 0 aromatic rings. The zero-order chi connectivity index (χ0) is 13.3. The van der Waals surface area contributed by atoms with E-state index in [0.717, 1.165) is 5.06 Å². The molecule has 0 fully saturated rings. The maximum Gasteiger partial charge on any atom is 0.157 e. The monoisotopic (exact) mass is 256 g/mol. The van der Waals surface area contributed by atoms with Crippen molar-refractivity contribution in [1.82, 2.24) is 5.06 Å². The van der Waals surface area contributed by atoms with E-state index in [2.05, 4.69) is 0 Å². The van der Waals surface area contributed by atoms with Gasteiger partial charge in [-0.15, -0.1) is 0 Å². The fourth-order valence-corrected chi connectivity index (χ4v) is 2.47. The minimum atomic E-state index is -3.32. The summed E-state index contributed by atoms with van der Waals surface area (Å²) in [5.74, 6) is -0.182. The van der Waals surface area contributed by atoms with E-state index in [1.807, 2.05) is 6.07 Å². The molecule has 0 bridgehead atoms. The Bertz CT molecular complexity index is 492. The number of allylic oxidation sites excluding steroid dienone is 2. The molecule has 94 valence electrons. The first-order chi connectivity index (χ1) is 7.67. The molecule has 1 rings (SSSR count). The van der Waals surface area contributed by atoms with Gasteiger partial charge in [-0.2, -0.15) is 5.26 Å². The van der Waals surface area contributed by atoms with E-state index in [4.69, 9.17) is 5.26 Å². The molecule has 0 amide bonds. The molecule has 0 aromatic carbocycles. The zero-order valence-electron chi connectivity index (χ0n) is 10.1. The van der Waals surface area contributed by atoms with E-state index < -0.39 is 20.6 Å². The lowest BCUT2D eigenvalue weighted by molar-refractivity contribution is -0.0599. The molecular formula is C11H16N2O3S. The van der Waals surface area contributed by atoms with Gasteiger partial charge in [-0.1, -0.05) is 6.08 Å². The number of hydroxylamine groups is 2. The van der Waals surface area contributed by atoms with Gasteiger partial charge in [0.2, 0.25) is 0 Å². The Labute approximate surface area is 102 Å². The SMILES string of the molecule is CC(C)(C)S(=O)(=O)CC1C=CC(C#N)=CN1O. The fourth-order valence-electron chi connectivity index (χ4n) is 1.26. The van der Waals surface area contributed by atoms with Crippen LogP contribution in [-0.4, -0.2) is 35.2 Å². The van der Waals surface area contributed by atoms with Crippen molar-refractivity contribution in [3.05, 3.63) is 23.9 Å². The van der Waals surface area contributed by atoms with Gasteiger partial charge in [-0.3, -0.25) is 10.3 Å². The highest BCUT2D eigenvalue weighted by molar-refractivity contribution is 7.92. The van der Waals surface area contributed by atoms with Crippen molar-refractivity contribution >= 4 is 9.84 Å². The summed E-state index contributed by atoms with van der Waals surface area (Å²) in [6, 6.07) is 1.23. The Morgan fingerprint density at radius 3 is 2.53 bits per heavy atom. The normalized spacial score (nSPS) is 21.0. The average Bonchev–Trinajstić information content (AvgIpc) is 2.19. The molecule has 5 nitrogen and oxygen atoms in total. The van der Waals surface area contributed by atoms with Gasteiger partial charge in [0.15, 0.2) is 9.84 Å². The van der Waals surface area contributed by atoms with Crippen LogP contribution in [0.15, 0.2) is 23.9 Å². The smallest absolute Gasteiger partial charge is 0.157 e. The first kappa shape index (κ1) is 13.7. The molecule has 6 heteroatoms. The second kappa shape index (κ2) is 4.51. The minimum Gasteiger partial charge on any atom is -0.288 e. The second-order valence-electron chi connectivity index (χ2n) is 4.90. The highest BCUT2D eigenvalue weighted by Crippen LogP contribution is 2.20. The van der Waals surface area contributed by atoms with Gasteiger partial charge in [-0.25, -0.2) is 8.42 Å². The molecular weight excluding hydrogens is 240 g/mol. The Morgan fingerprint density at radius 2 is 2.12 bits per heavy atom. The minimum absolute atomic E-state index is 0.182. The highest BCUT2D eigenvalue weighted by Gasteiger charge is 2.33. The van der Waals surface area contributed by atoms with Crippen LogP contribution in [0.1, 0.15) is 20.8 Å². The molecule has 1 unspecified atom stereocenters. The molecule has 0 spiro atoms. The van der Waals surface area contributed by atoms with Crippen LogP contribution >= 0.6 is 0 Å². The van der Waals surface area contributed by atoms with E-state index in [9.17, 15) is 13.6 Å². The zero-order valence-corrected chi connectivity index (χ0v) is 10.9. The number of hydrogen-bond acceptors (Lipinski definition) is 5. The molecule has 0 aromatic heterocycles. The summed E-state index contributed by atoms with van der Waals surface area (Å²) in [4.78, 5) is 0. The lowest BCUT2D eigenvalue weighted by Gasteiger charge is -2.28. The number of nitrogens with zero attached hydrogens (tertiary/aromatic N) is 2. The van der Waals surface area contributed by atoms with Crippen molar-refractivity contribution in [1.29, 1.82) is 5.26 Å². The van der Waals surface area contributed by atoms with Gasteiger partial charge in [0.25, 0.3) is 0 Å². The number of nitriles is 1. The number of hydrogen-bond donors (Lipinski definition) is 1. The van der Waals surface area contributed by atoms with Gasteiger partial charge in [0, 0.05) is 6.20 Å². The van der Waals surface area contributed by atoms with E-state index in [1.54, 1.807) is 20.8 Å². The second-order valence-corrected chi connectivity index (χ2v) is 7.68. The standard InChI is InChI=1S/C11H16N2O3S/c1-11(2,3)17(15,16)8-10-5-4-9(6-12)7-13(10)14/h4-5,7,10,14H,8H2,1-3H3. The lowest BCUT2D eigenvalue weighted by atomic mass is 10.2. The van der Waals surface area contributed by atoms with Crippen molar-refractivity contribution < 1.29 is 13.6 Å². The quantitative estimate of drug-likeness (QED) is 0.803. The van der Waals surface area contributed by atoms with Gasteiger partial charge in [0.05, 0.1) is 22.1 Å². The van der Waals surface area contributed by atoms with Gasteiger partial charge in [0.1, 0.15) is 6.07 Å². The number of rotatable bonds is 2. The summed E-state index contributed by atoms with van der Waals surface area (Å²) in [7, 11) is -3.32. The van der Waals surface area contributed by atoms with Crippen molar-refractivity contribution in [3.63, 3.8) is 0 Å². The third-order valence-electron chi connectivity index (χ3n) is 2.56. The molecule has 1 aliphatic rings. The van der Waals surface area contributed by atoms with E-state index in [-0.39, 0.29) is 11.3 Å². The first-order valence-electron chi connectivity index (χ1n) is 5.17. The molecule has 1 N–H and O–H groups in total. The Balaban J connectivity index is 2.85. The van der Waals surface area contributed by atoms with Crippen LogP contribution in [0, 0.1) is 11.3 Å². The van der Waals surface area contributed by atoms with Crippen LogP contribution in [0.2, 0.25) is 0 Å². The van der Waals surface area contributed by atoms with Crippen LogP contribution in [0.5, 0.6) is 0 Å². The summed E-state index contributed by atoms with van der Waals surface area (Å²) in [6.45, 7) is 4.85. The lowest BCUT2D eigenvalue weighted by Crippen LogP contribution is -2.40. The molecule has 1 aliphatic heterocycles. The molecule has 0 saturated carbocycles. The van der Waals surface area contributed by atoms with Crippen LogP contribution in [0.25, 0.3) is 0 Å². The van der Waals surface area contributed by atoms with E-state index >= 15 is 0 Å². The maximum absolute atomic E-state index is 12.0. The molecule has 1 atom stereocenters. The number of sulfone groups is 1. The van der Waals surface area contributed by atoms with Crippen LogP contribution in [-0.2, 0) is 9.84 Å². The summed E-state index contributed by atoms with van der Waals surface area (Å²) in [5.41, 5.74) is 0.289. The summed E-state index contributed by atoms with van der Waals surface area (Å²) < 4.78 is 23.1. The molecule has 0 radical (unpaired) electrons. The van der Waals surface area contributed by atoms with Gasteiger partial charge < -0.3 is 0 Å². The molecule has 0 aliphatic carbocycles. The molecule has 1 heterocycles. The topological polar surface area (TPSA) is 81.4 Å². The predicted molar refractivity (Wildman–Crippen MR) is 63.8 cm³/mol. The largest absolute Gasteiger partial charge is 0.288 e. The average molecular weight is 256 g/mol. The summed E-state index contributed by atoms with van der Waals surface area (Å²) in [5, 5.41) is 19.0. The van der Waals surface area contributed by atoms with Crippen LogP contribution < -0.4 is 0 Å². The maximum atomic E-state index is 12.0. The summed E-state index contributed by atoms with van der Waals surface area (Å²) >= 11 is 0. The third kappa shape index (κ3) is 3.08. The Morgan fingerprint density at radius 1 is 1.53 bits per heavy atom. The molecule has 0 saturated heterocycles. The van der Waals surface area contributed by atoms with Crippen LogP contribution in [0.3, 0.4) is 0 Å². The van der Waals surface area contributed by atoms with Crippen molar-refractivity contribution in [2.45, 2.75) is 31.6 Å². The fraction of sp³-hybridized carbons (Fsp3) is 0.545. The summed E-state index contributed by atoms with van der Waals surface area (Å²) in [6.07, 6.45) is 4.25. The van der Waals surface area contributed by atoms with Gasteiger partial charge >= 0.3 is 0 Å². The molecule has 17 heavy (non-hydrogen) atoms. The highest BCUT2D eigenvalue weighted by atomic mass is 32.2. The Kier molecular flexibility index (Phi) is 3.65. The van der Waals surface area contributed by atoms with Crippen molar-refractivity contribution in [2.24, 2.45) is 0 Å². The van der Waals surface area contributed by atoms with Crippen molar-refractivity contribution in [2.75, 3.05) is 5.75 Å².